The van der Waals surface area contributed by atoms with E-state index in [1.165, 1.54) is 6.07 Å². The maximum atomic E-state index is 11.3. The largest absolute Gasteiger partial charge is 0.492 e. The van der Waals surface area contributed by atoms with Gasteiger partial charge in [0.1, 0.15) is 11.3 Å². The van der Waals surface area contributed by atoms with Crippen molar-refractivity contribution >= 4 is 11.9 Å². The number of para-hydroxylation sites is 1. The van der Waals surface area contributed by atoms with Gasteiger partial charge in [0.05, 0.1) is 12.2 Å². The van der Waals surface area contributed by atoms with Gasteiger partial charge < -0.3 is 14.9 Å². The molecule has 3 rings (SSSR count). The fourth-order valence-electron chi connectivity index (χ4n) is 2.51. The number of aromatic carboxylic acids is 2. The first-order valence-electron chi connectivity index (χ1n) is 6.43. The molecular weight excluding hydrogens is 272 g/mol. The molecule has 0 radical (unpaired) electrons. The zero-order valence-electron chi connectivity index (χ0n) is 11.0. The summed E-state index contributed by atoms with van der Waals surface area (Å²) in [5.41, 5.74) is 2.53. The van der Waals surface area contributed by atoms with Crippen molar-refractivity contribution in [1.82, 2.24) is 0 Å². The molecule has 5 heteroatoms. The van der Waals surface area contributed by atoms with E-state index in [-0.39, 0.29) is 11.1 Å². The molecule has 0 atom stereocenters. The number of benzene rings is 2. The highest BCUT2D eigenvalue weighted by Crippen LogP contribution is 2.38. The van der Waals surface area contributed by atoms with Gasteiger partial charge in [0.25, 0.3) is 0 Å². The summed E-state index contributed by atoms with van der Waals surface area (Å²) >= 11 is 0. The normalized spacial score (nSPS) is 12.6. The molecule has 0 aliphatic carbocycles. The van der Waals surface area contributed by atoms with Crippen molar-refractivity contribution in [1.29, 1.82) is 0 Å². The number of hydrogen-bond donors (Lipinski definition) is 2. The minimum atomic E-state index is -1.07. The van der Waals surface area contributed by atoms with E-state index in [0.29, 0.717) is 29.9 Å². The summed E-state index contributed by atoms with van der Waals surface area (Å²) in [6.45, 7) is 0.358. The van der Waals surface area contributed by atoms with E-state index in [1.54, 1.807) is 30.3 Å². The molecule has 2 aromatic rings. The Morgan fingerprint density at radius 2 is 1.81 bits per heavy atom. The van der Waals surface area contributed by atoms with Crippen LogP contribution in [0.2, 0.25) is 0 Å². The summed E-state index contributed by atoms with van der Waals surface area (Å²) in [6, 6.07) is 9.73. The minimum absolute atomic E-state index is 0.0843. The lowest BCUT2D eigenvalue weighted by molar-refractivity contribution is 0.0683. The van der Waals surface area contributed by atoms with Crippen LogP contribution in [0.1, 0.15) is 26.3 Å². The highest BCUT2D eigenvalue weighted by atomic mass is 16.5. The molecule has 2 aromatic carbocycles. The van der Waals surface area contributed by atoms with Crippen LogP contribution in [-0.2, 0) is 6.42 Å². The van der Waals surface area contributed by atoms with E-state index >= 15 is 0 Å². The van der Waals surface area contributed by atoms with Crippen LogP contribution >= 0.6 is 0 Å². The maximum Gasteiger partial charge on any atom is 0.339 e. The summed E-state index contributed by atoms with van der Waals surface area (Å²) in [5.74, 6) is -1.78. The molecule has 0 amide bonds. The summed E-state index contributed by atoms with van der Waals surface area (Å²) in [5, 5.41) is 18.4. The Morgan fingerprint density at radius 3 is 2.52 bits per heavy atom. The van der Waals surface area contributed by atoms with E-state index < -0.39 is 11.9 Å². The zero-order chi connectivity index (χ0) is 15.0. The molecule has 0 saturated heterocycles. The van der Waals surface area contributed by atoms with Gasteiger partial charge in [-0.2, -0.15) is 0 Å². The summed E-state index contributed by atoms with van der Waals surface area (Å²) < 4.78 is 5.60. The molecule has 0 fully saturated rings. The Kier molecular flexibility index (Phi) is 3.10. The van der Waals surface area contributed by atoms with Gasteiger partial charge in [-0.1, -0.05) is 18.2 Å². The average Bonchev–Trinajstić information content (AvgIpc) is 2.65. The molecule has 2 N–H and O–H groups in total. The number of ether oxygens (including phenoxy) is 1. The van der Waals surface area contributed by atoms with Crippen molar-refractivity contribution in [3.63, 3.8) is 0 Å². The molecule has 21 heavy (non-hydrogen) atoms. The first-order valence-corrected chi connectivity index (χ1v) is 6.43. The van der Waals surface area contributed by atoms with Gasteiger partial charge >= 0.3 is 11.9 Å². The Balaban J connectivity index is 2.27. The van der Waals surface area contributed by atoms with Gasteiger partial charge in [0.15, 0.2) is 0 Å². The van der Waals surface area contributed by atoms with E-state index in [1.807, 2.05) is 0 Å². The second kappa shape index (κ2) is 4.94. The predicted octanol–water partition coefficient (Wildman–Crippen LogP) is 2.68. The van der Waals surface area contributed by atoms with Crippen LogP contribution in [0.5, 0.6) is 5.75 Å². The Labute approximate surface area is 120 Å². The molecule has 0 bridgehead atoms. The van der Waals surface area contributed by atoms with Gasteiger partial charge in [-0.05, 0) is 29.3 Å². The highest BCUT2D eigenvalue weighted by molar-refractivity contribution is 5.96. The lowest BCUT2D eigenvalue weighted by Gasteiger charge is -2.11. The smallest absolute Gasteiger partial charge is 0.339 e. The second-order valence-electron chi connectivity index (χ2n) is 4.76. The third-order valence-electron chi connectivity index (χ3n) is 3.51. The van der Waals surface area contributed by atoms with Crippen LogP contribution in [0.4, 0.5) is 0 Å². The summed E-state index contributed by atoms with van der Waals surface area (Å²) in [6.07, 6.45) is 0.600. The summed E-state index contributed by atoms with van der Waals surface area (Å²) in [4.78, 5) is 22.4. The number of carboxylic acid groups (broad SMARTS) is 2. The predicted molar refractivity (Wildman–Crippen MR) is 75.0 cm³/mol. The molecule has 0 saturated carbocycles. The maximum absolute atomic E-state index is 11.3. The molecule has 0 aromatic heterocycles. The van der Waals surface area contributed by atoms with Crippen LogP contribution in [0.3, 0.4) is 0 Å². The van der Waals surface area contributed by atoms with Crippen molar-refractivity contribution in [2.24, 2.45) is 0 Å². The number of fused-ring (bicyclic) bond motifs is 3. The molecule has 0 unspecified atom stereocenters. The van der Waals surface area contributed by atoms with Crippen LogP contribution in [0.15, 0.2) is 36.4 Å². The SMILES string of the molecule is O=C(O)c1ccc2c(c1)-c1cccc(C(=O)O)c1OCC2. The molecule has 1 aliphatic rings. The van der Waals surface area contributed by atoms with Crippen LogP contribution in [-0.4, -0.2) is 28.8 Å². The number of rotatable bonds is 2. The van der Waals surface area contributed by atoms with Crippen molar-refractivity contribution in [3.8, 4) is 16.9 Å². The van der Waals surface area contributed by atoms with Crippen molar-refractivity contribution < 1.29 is 24.5 Å². The van der Waals surface area contributed by atoms with Crippen LogP contribution in [0.25, 0.3) is 11.1 Å². The number of carbonyl (C=O) groups is 2. The van der Waals surface area contributed by atoms with Gasteiger partial charge in [0.2, 0.25) is 0 Å². The Morgan fingerprint density at radius 1 is 1.00 bits per heavy atom. The molecule has 1 aliphatic heterocycles. The van der Waals surface area contributed by atoms with E-state index in [0.717, 1.165) is 5.56 Å². The number of carboxylic acids is 2. The topological polar surface area (TPSA) is 83.8 Å². The van der Waals surface area contributed by atoms with Crippen LogP contribution < -0.4 is 4.74 Å². The van der Waals surface area contributed by atoms with E-state index in [2.05, 4.69) is 0 Å². The fourth-order valence-corrected chi connectivity index (χ4v) is 2.51. The standard InChI is InChI=1S/C16H12O5/c17-15(18)10-5-4-9-6-7-21-14-11(13(9)8-10)2-1-3-12(14)16(19)20/h1-5,8H,6-7H2,(H,17,18)(H,19,20). The third kappa shape index (κ3) is 2.23. The van der Waals surface area contributed by atoms with Crippen molar-refractivity contribution in [2.45, 2.75) is 6.42 Å². The van der Waals surface area contributed by atoms with Crippen molar-refractivity contribution in [3.05, 3.63) is 53.1 Å². The number of hydrogen-bond acceptors (Lipinski definition) is 3. The lowest BCUT2D eigenvalue weighted by Crippen LogP contribution is -2.04. The molecular formula is C16H12O5. The average molecular weight is 284 g/mol. The van der Waals surface area contributed by atoms with E-state index in [4.69, 9.17) is 9.84 Å². The van der Waals surface area contributed by atoms with Crippen molar-refractivity contribution in [2.75, 3.05) is 6.61 Å². The first-order chi connectivity index (χ1) is 10.1. The molecule has 1 heterocycles. The minimum Gasteiger partial charge on any atom is -0.492 e. The highest BCUT2D eigenvalue weighted by Gasteiger charge is 2.22. The Hall–Kier alpha value is -2.82. The second-order valence-corrected chi connectivity index (χ2v) is 4.76. The summed E-state index contributed by atoms with van der Waals surface area (Å²) in [7, 11) is 0. The zero-order valence-corrected chi connectivity index (χ0v) is 11.0. The van der Waals surface area contributed by atoms with Gasteiger partial charge in [-0.3, -0.25) is 0 Å². The van der Waals surface area contributed by atoms with Gasteiger partial charge in [0, 0.05) is 12.0 Å². The lowest BCUT2D eigenvalue weighted by atomic mass is 9.94. The first kappa shape index (κ1) is 13.2. The van der Waals surface area contributed by atoms with Gasteiger partial charge in [-0.15, -0.1) is 0 Å². The molecule has 0 spiro atoms. The third-order valence-corrected chi connectivity index (χ3v) is 3.51. The van der Waals surface area contributed by atoms with Crippen LogP contribution in [0, 0.1) is 0 Å². The monoisotopic (exact) mass is 284 g/mol. The fraction of sp³-hybridized carbons (Fsp3) is 0.125. The Bertz CT molecular complexity index is 748. The van der Waals surface area contributed by atoms with E-state index in [9.17, 15) is 14.7 Å². The quantitative estimate of drug-likeness (QED) is 0.885. The molecule has 106 valence electrons. The van der Waals surface area contributed by atoms with Gasteiger partial charge in [-0.25, -0.2) is 9.59 Å². The molecule has 5 nitrogen and oxygen atoms in total.